The maximum atomic E-state index is 11.5. The Balaban J connectivity index is 2.93. The number of nitrogens with zero attached hydrogens (tertiary/aromatic N) is 1. The Morgan fingerprint density at radius 3 is 2.25 bits per heavy atom. The number of hydrogen-bond donors (Lipinski definition) is 0. The molecule has 6 heteroatoms. The van der Waals surface area contributed by atoms with E-state index < -0.39 is 20.6 Å². The number of nitro groups is 1. The van der Waals surface area contributed by atoms with Gasteiger partial charge < -0.3 is 0 Å². The molecule has 1 rings (SSSR count). The van der Waals surface area contributed by atoms with E-state index in [-0.39, 0.29) is 4.90 Å². The zero-order valence-electron chi connectivity index (χ0n) is 8.92. The zero-order chi connectivity index (χ0) is 12.2. The Hall–Kier alpha value is -1.43. The quantitative estimate of drug-likeness (QED) is 0.582. The van der Waals surface area contributed by atoms with Gasteiger partial charge in [0.2, 0.25) is 9.84 Å². The van der Waals surface area contributed by atoms with Gasteiger partial charge in [-0.05, 0) is 24.1 Å². The fraction of sp³-hybridized carbons (Fsp3) is 0.400. The molecule has 0 aliphatic rings. The maximum Gasteiger partial charge on any atom is 0.305 e. The van der Waals surface area contributed by atoms with E-state index in [4.69, 9.17) is 0 Å². The van der Waals surface area contributed by atoms with Crippen molar-refractivity contribution in [2.24, 2.45) is 0 Å². The molecule has 0 radical (unpaired) electrons. The topological polar surface area (TPSA) is 77.3 Å². The molecule has 1 aromatic carbocycles. The van der Waals surface area contributed by atoms with Crippen molar-refractivity contribution in [2.45, 2.75) is 24.7 Å². The van der Waals surface area contributed by atoms with E-state index in [1.54, 1.807) is 12.1 Å². The summed E-state index contributed by atoms with van der Waals surface area (Å²) in [5.74, 6) is -1.06. The van der Waals surface area contributed by atoms with Crippen LogP contribution >= 0.6 is 0 Å². The van der Waals surface area contributed by atoms with Crippen molar-refractivity contribution in [3.8, 4) is 0 Å². The largest absolute Gasteiger partial charge is 0.305 e. The van der Waals surface area contributed by atoms with Crippen molar-refractivity contribution in [3.63, 3.8) is 0 Å². The SMILES string of the molecule is CCCc1ccc(S(=O)(=O)C[N+](=O)[O-])cc1. The molecule has 0 N–H and O–H groups in total. The predicted molar refractivity (Wildman–Crippen MR) is 59.5 cm³/mol. The molecule has 1 aromatic rings. The van der Waals surface area contributed by atoms with Gasteiger partial charge in [-0.1, -0.05) is 25.5 Å². The minimum atomic E-state index is -3.79. The molecule has 0 aliphatic carbocycles. The highest BCUT2D eigenvalue weighted by molar-refractivity contribution is 7.91. The third-order valence-corrected chi connectivity index (χ3v) is 3.64. The van der Waals surface area contributed by atoms with Crippen molar-refractivity contribution in [3.05, 3.63) is 39.9 Å². The Kier molecular flexibility index (Phi) is 4.00. The first-order valence-electron chi connectivity index (χ1n) is 4.89. The van der Waals surface area contributed by atoms with Crippen molar-refractivity contribution in [1.29, 1.82) is 0 Å². The molecule has 0 saturated carbocycles. The number of hydrogen-bond acceptors (Lipinski definition) is 4. The normalized spacial score (nSPS) is 11.3. The highest BCUT2D eigenvalue weighted by Gasteiger charge is 2.20. The average molecular weight is 243 g/mol. The molecule has 0 spiro atoms. The van der Waals surface area contributed by atoms with Crippen LogP contribution in [0.2, 0.25) is 0 Å². The standard InChI is InChI=1S/C10H13NO4S/c1-2-3-9-4-6-10(7-5-9)16(14,15)8-11(12)13/h4-7H,2-3,8H2,1H3. The van der Waals surface area contributed by atoms with Gasteiger partial charge in [0, 0.05) is 4.92 Å². The molecule has 0 heterocycles. The van der Waals surface area contributed by atoms with Gasteiger partial charge in [-0.2, -0.15) is 0 Å². The van der Waals surface area contributed by atoms with Gasteiger partial charge in [0.1, 0.15) is 0 Å². The first kappa shape index (κ1) is 12.6. The van der Waals surface area contributed by atoms with E-state index in [0.717, 1.165) is 18.4 Å². The highest BCUT2D eigenvalue weighted by Crippen LogP contribution is 2.13. The van der Waals surface area contributed by atoms with Gasteiger partial charge in [-0.15, -0.1) is 0 Å². The minimum Gasteiger partial charge on any atom is -0.263 e. The molecule has 16 heavy (non-hydrogen) atoms. The summed E-state index contributed by atoms with van der Waals surface area (Å²) in [7, 11) is -3.79. The Labute approximate surface area is 94.2 Å². The first-order valence-corrected chi connectivity index (χ1v) is 6.54. The lowest BCUT2D eigenvalue weighted by atomic mass is 10.1. The van der Waals surface area contributed by atoms with Crippen LogP contribution in [-0.2, 0) is 16.3 Å². The number of sulfone groups is 1. The van der Waals surface area contributed by atoms with Gasteiger partial charge in [0.25, 0.3) is 0 Å². The third kappa shape index (κ3) is 3.30. The summed E-state index contributed by atoms with van der Waals surface area (Å²) in [5.41, 5.74) is 1.03. The van der Waals surface area contributed by atoms with Gasteiger partial charge in [-0.25, -0.2) is 8.42 Å². The second-order valence-electron chi connectivity index (χ2n) is 3.47. The van der Waals surface area contributed by atoms with Crippen LogP contribution in [0.15, 0.2) is 29.2 Å². The van der Waals surface area contributed by atoms with Crippen molar-refractivity contribution < 1.29 is 13.3 Å². The maximum absolute atomic E-state index is 11.5. The van der Waals surface area contributed by atoms with Crippen LogP contribution in [-0.4, -0.2) is 19.2 Å². The zero-order valence-corrected chi connectivity index (χ0v) is 9.74. The van der Waals surface area contributed by atoms with Gasteiger partial charge in [0.15, 0.2) is 0 Å². The van der Waals surface area contributed by atoms with Crippen molar-refractivity contribution in [2.75, 3.05) is 5.88 Å². The lowest BCUT2D eigenvalue weighted by Crippen LogP contribution is -2.14. The second-order valence-corrected chi connectivity index (χ2v) is 5.43. The van der Waals surface area contributed by atoms with Gasteiger partial charge in [-0.3, -0.25) is 10.1 Å². The van der Waals surface area contributed by atoms with E-state index >= 15 is 0 Å². The summed E-state index contributed by atoms with van der Waals surface area (Å²) < 4.78 is 22.9. The smallest absolute Gasteiger partial charge is 0.263 e. The predicted octanol–water partition coefficient (Wildman–Crippen LogP) is 1.65. The van der Waals surface area contributed by atoms with Crippen LogP contribution in [0, 0.1) is 10.1 Å². The van der Waals surface area contributed by atoms with Crippen LogP contribution in [0.25, 0.3) is 0 Å². The molecule has 88 valence electrons. The van der Waals surface area contributed by atoms with Crippen molar-refractivity contribution in [1.82, 2.24) is 0 Å². The Morgan fingerprint density at radius 2 is 1.81 bits per heavy atom. The number of rotatable bonds is 5. The monoisotopic (exact) mass is 243 g/mol. The molecule has 0 aliphatic heterocycles. The molecule has 0 amide bonds. The molecule has 0 bridgehead atoms. The van der Waals surface area contributed by atoms with Crippen LogP contribution in [0.4, 0.5) is 0 Å². The molecule has 0 saturated heterocycles. The van der Waals surface area contributed by atoms with Crippen LogP contribution < -0.4 is 0 Å². The first-order chi connectivity index (χ1) is 7.45. The summed E-state index contributed by atoms with van der Waals surface area (Å²) in [5, 5.41) is 10.2. The second kappa shape index (κ2) is 5.07. The highest BCUT2D eigenvalue weighted by atomic mass is 32.2. The minimum absolute atomic E-state index is 0.00375. The number of benzene rings is 1. The van der Waals surface area contributed by atoms with E-state index in [2.05, 4.69) is 0 Å². The van der Waals surface area contributed by atoms with E-state index in [1.807, 2.05) is 6.92 Å². The average Bonchev–Trinajstić information content (AvgIpc) is 2.17. The Morgan fingerprint density at radius 1 is 1.25 bits per heavy atom. The summed E-state index contributed by atoms with van der Waals surface area (Å²) in [6, 6.07) is 6.22. The molecule has 0 atom stereocenters. The molecular formula is C10H13NO4S. The Bertz CT molecular complexity index is 464. The van der Waals surface area contributed by atoms with Crippen molar-refractivity contribution >= 4 is 9.84 Å². The summed E-state index contributed by atoms with van der Waals surface area (Å²) in [4.78, 5) is 9.35. The molecular weight excluding hydrogens is 230 g/mol. The van der Waals surface area contributed by atoms with Gasteiger partial charge >= 0.3 is 5.88 Å². The third-order valence-electron chi connectivity index (χ3n) is 2.10. The van der Waals surface area contributed by atoms with Crippen LogP contribution in [0.5, 0.6) is 0 Å². The van der Waals surface area contributed by atoms with E-state index in [1.165, 1.54) is 12.1 Å². The fourth-order valence-electron chi connectivity index (χ4n) is 1.37. The molecule has 0 unspecified atom stereocenters. The summed E-state index contributed by atoms with van der Waals surface area (Å²) >= 11 is 0. The van der Waals surface area contributed by atoms with Crippen LogP contribution in [0.3, 0.4) is 0 Å². The lowest BCUT2D eigenvalue weighted by Gasteiger charge is -2.02. The lowest BCUT2D eigenvalue weighted by molar-refractivity contribution is -0.458. The molecule has 5 nitrogen and oxygen atoms in total. The van der Waals surface area contributed by atoms with E-state index in [9.17, 15) is 18.5 Å². The summed E-state index contributed by atoms with van der Waals surface area (Å²) in [6.07, 6.45) is 1.84. The molecule has 0 aromatic heterocycles. The molecule has 0 fully saturated rings. The van der Waals surface area contributed by atoms with Gasteiger partial charge in [0.05, 0.1) is 4.90 Å². The summed E-state index contributed by atoms with van der Waals surface area (Å²) in [6.45, 7) is 2.03. The van der Waals surface area contributed by atoms with Crippen LogP contribution in [0.1, 0.15) is 18.9 Å². The number of aryl methyl sites for hydroxylation is 1. The fourth-order valence-corrected chi connectivity index (χ4v) is 2.34. The van der Waals surface area contributed by atoms with E-state index in [0.29, 0.717) is 0 Å².